The van der Waals surface area contributed by atoms with Gasteiger partial charge in [0.25, 0.3) is 0 Å². The molecule has 4 heteroatoms. The van der Waals surface area contributed by atoms with Crippen LogP contribution < -0.4 is 5.32 Å². The molecule has 3 rings (SSSR count). The summed E-state index contributed by atoms with van der Waals surface area (Å²) in [5.41, 5.74) is 2.96. The number of benzene rings is 1. The molecule has 20 heavy (non-hydrogen) atoms. The van der Waals surface area contributed by atoms with E-state index in [2.05, 4.69) is 16.4 Å². The first-order valence-electron chi connectivity index (χ1n) is 6.46. The lowest BCUT2D eigenvalue weighted by molar-refractivity contribution is 0.491. The molecular weight excluding hydrogens is 272 g/mol. The molecule has 1 aromatic carbocycles. The van der Waals surface area contributed by atoms with E-state index < -0.39 is 0 Å². The molecule has 3 aromatic rings. The Morgan fingerprint density at radius 1 is 1.20 bits per heavy atom. The molecule has 0 aliphatic carbocycles. The molecule has 0 radical (unpaired) electrons. The van der Waals surface area contributed by atoms with Gasteiger partial charge < -0.3 is 9.73 Å². The molecule has 2 heterocycles. The number of hydrogen-bond acceptors (Lipinski definition) is 3. The molecule has 1 unspecified atom stereocenters. The predicted molar refractivity (Wildman–Crippen MR) is 81.1 cm³/mol. The van der Waals surface area contributed by atoms with Crippen LogP contribution >= 0.6 is 11.6 Å². The fourth-order valence-corrected chi connectivity index (χ4v) is 2.58. The Hall–Kier alpha value is -1.84. The number of aromatic nitrogens is 1. The molecule has 0 bridgehead atoms. The van der Waals surface area contributed by atoms with E-state index in [-0.39, 0.29) is 6.04 Å². The maximum Gasteiger partial charge on any atom is 0.134 e. The number of furan rings is 1. The molecule has 0 saturated carbocycles. The summed E-state index contributed by atoms with van der Waals surface area (Å²) < 4.78 is 5.93. The normalized spacial score (nSPS) is 12.8. The van der Waals surface area contributed by atoms with Gasteiger partial charge in [-0.3, -0.25) is 4.98 Å². The SMILES string of the molecule is CNC(c1ccnc(C)c1)c1cc2cc(Cl)ccc2o1. The zero-order valence-corrected chi connectivity index (χ0v) is 12.1. The van der Waals surface area contributed by atoms with Gasteiger partial charge in [0.1, 0.15) is 11.3 Å². The van der Waals surface area contributed by atoms with Crippen LogP contribution in [0.5, 0.6) is 0 Å². The van der Waals surface area contributed by atoms with E-state index >= 15 is 0 Å². The lowest BCUT2D eigenvalue weighted by atomic mass is 10.0. The number of rotatable bonds is 3. The van der Waals surface area contributed by atoms with Gasteiger partial charge >= 0.3 is 0 Å². The average molecular weight is 287 g/mol. The molecule has 0 spiro atoms. The first-order valence-corrected chi connectivity index (χ1v) is 6.84. The number of hydrogen-bond donors (Lipinski definition) is 1. The zero-order chi connectivity index (χ0) is 14.1. The zero-order valence-electron chi connectivity index (χ0n) is 11.4. The largest absolute Gasteiger partial charge is 0.459 e. The van der Waals surface area contributed by atoms with Crippen LogP contribution in [0.15, 0.2) is 47.0 Å². The monoisotopic (exact) mass is 286 g/mol. The van der Waals surface area contributed by atoms with Crippen LogP contribution in [0, 0.1) is 6.92 Å². The van der Waals surface area contributed by atoms with Crippen LogP contribution in [0.2, 0.25) is 5.02 Å². The number of aryl methyl sites for hydroxylation is 1. The highest BCUT2D eigenvalue weighted by Gasteiger charge is 2.17. The molecule has 2 aromatic heterocycles. The molecule has 0 fully saturated rings. The fraction of sp³-hybridized carbons (Fsp3) is 0.188. The summed E-state index contributed by atoms with van der Waals surface area (Å²) in [6, 6.07) is 11.7. The summed E-state index contributed by atoms with van der Waals surface area (Å²) in [7, 11) is 1.92. The second-order valence-corrected chi connectivity index (χ2v) is 5.22. The Bertz CT molecular complexity index is 751. The van der Waals surface area contributed by atoms with Crippen molar-refractivity contribution in [2.45, 2.75) is 13.0 Å². The van der Waals surface area contributed by atoms with Crippen molar-refractivity contribution in [2.75, 3.05) is 7.05 Å². The Labute approximate surface area is 122 Å². The minimum atomic E-state index is 0.00266. The molecule has 1 N–H and O–H groups in total. The quantitative estimate of drug-likeness (QED) is 0.788. The van der Waals surface area contributed by atoms with Crippen molar-refractivity contribution in [2.24, 2.45) is 0 Å². The summed E-state index contributed by atoms with van der Waals surface area (Å²) in [6.45, 7) is 1.98. The Morgan fingerprint density at radius 3 is 2.80 bits per heavy atom. The molecule has 1 atom stereocenters. The highest BCUT2D eigenvalue weighted by Crippen LogP contribution is 2.29. The van der Waals surface area contributed by atoms with Gasteiger partial charge in [-0.05, 0) is 55.9 Å². The van der Waals surface area contributed by atoms with Crippen LogP contribution in [-0.4, -0.2) is 12.0 Å². The van der Waals surface area contributed by atoms with E-state index in [0.717, 1.165) is 28.0 Å². The number of pyridine rings is 1. The summed E-state index contributed by atoms with van der Waals surface area (Å²) in [6.07, 6.45) is 1.81. The summed E-state index contributed by atoms with van der Waals surface area (Å²) in [5, 5.41) is 5.01. The highest BCUT2D eigenvalue weighted by molar-refractivity contribution is 6.31. The number of nitrogens with zero attached hydrogens (tertiary/aromatic N) is 1. The fourth-order valence-electron chi connectivity index (χ4n) is 2.40. The first kappa shape index (κ1) is 13.2. The number of nitrogens with one attached hydrogen (secondary N) is 1. The topological polar surface area (TPSA) is 38.1 Å². The third-order valence-electron chi connectivity index (χ3n) is 3.32. The molecule has 102 valence electrons. The van der Waals surface area contributed by atoms with Gasteiger partial charge in [0.2, 0.25) is 0 Å². The number of halogens is 1. The second-order valence-electron chi connectivity index (χ2n) is 4.78. The highest BCUT2D eigenvalue weighted by atomic mass is 35.5. The van der Waals surface area contributed by atoms with E-state index in [1.165, 1.54) is 0 Å². The van der Waals surface area contributed by atoms with Crippen LogP contribution in [0.25, 0.3) is 11.0 Å². The van der Waals surface area contributed by atoms with Crippen molar-refractivity contribution < 1.29 is 4.42 Å². The lowest BCUT2D eigenvalue weighted by Crippen LogP contribution is -2.17. The van der Waals surface area contributed by atoms with Crippen LogP contribution in [0.3, 0.4) is 0 Å². The maximum absolute atomic E-state index is 6.01. The van der Waals surface area contributed by atoms with E-state index in [4.69, 9.17) is 16.0 Å². The van der Waals surface area contributed by atoms with Crippen LogP contribution in [0.1, 0.15) is 23.1 Å². The van der Waals surface area contributed by atoms with Crippen LogP contribution in [0.4, 0.5) is 0 Å². The average Bonchev–Trinajstić information content (AvgIpc) is 2.82. The molecule has 0 aliphatic heterocycles. The van der Waals surface area contributed by atoms with Gasteiger partial charge in [0.15, 0.2) is 0 Å². The van der Waals surface area contributed by atoms with Gasteiger partial charge in [-0.1, -0.05) is 11.6 Å². The summed E-state index contributed by atoms with van der Waals surface area (Å²) in [5.74, 6) is 0.871. The Morgan fingerprint density at radius 2 is 2.05 bits per heavy atom. The van der Waals surface area contributed by atoms with Gasteiger partial charge in [-0.2, -0.15) is 0 Å². The molecule has 3 nitrogen and oxygen atoms in total. The maximum atomic E-state index is 6.01. The summed E-state index contributed by atoms with van der Waals surface area (Å²) >= 11 is 6.01. The molecule has 0 aliphatic rings. The smallest absolute Gasteiger partial charge is 0.134 e. The second kappa shape index (κ2) is 5.27. The molecule has 0 amide bonds. The van der Waals surface area contributed by atoms with Gasteiger partial charge in [-0.25, -0.2) is 0 Å². The van der Waals surface area contributed by atoms with E-state index in [0.29, 0.717) is 5.02 Å². The van der Waals surface area contributed by atoms with Gasteiger partial charge in [0.05, 0.1) is 6.04 Å². The van der Waals surface area contributed by atoms with Crippen molar-refractivity contribution >= 4 is 22.6 Å². The predicted octanol–water partition coefficient (Wildman–Crippen LogP) is 4.10. The van der Waals surface area contributed by atoms with Gasteiger partial charge in [0, 0.05) is 22.3 Å². The standard InChI is InChI=1S/C16H15ClN2O/c1-10-7-11(5-6-19-10)16(18-2)15-9-12-8-13(17)3-4-14(12)20-15/h3-9,16,18H,1-2H3. The van der Waals surface area contributed by atoms with Crippen molar-refractivity contribution in [1.29, 1.82) is 0 Å². The number of fused-ring (bicyclic) bond motifs is 1. The first-order chi connectivity index (χ1) is 9.67. The lowest BCUT2D eigenvalue weighted by Gasteiger charge is -2.14. The Balaban J connectivity index is 2.07. The minimum absolute atomic E-state index is 0.00266. The Kier molecular flexibility index (Phi) is 3.47. The van der Waals surface area contributed by atoms with Gasteiger partial charge in [-0.15, -0.1) is 0 Å². The molecular formula is C16H15ClN2O. The van der Waals surface area contributed by atoms with E-state index in [9.17, 15) is 0 Å². The van der Waals surface area contributed by atoms with Crippen LogP contribution in [-0.2, 0) is 0 Å². The third-order valence-corrected chi connectivity index (χ3v) is 3.56. The van der Waals surface area contributed by atoms with E-state index in [1.807, 2.05) is 50.5 Å². The summed E-state index contributed by atoms with van der Waals surface area (Å²) in [4.78, 5) is 4.23. The third kappa shape index (κ3) is 2.42. The van der Waals surface area contributed by atoms with Crippen molar-refractivity contribution in [3.8, 4) is 0 Å². The van der Waals surface area contributed by atoms with Crippen molar-refractivity contribution in [1.82, 2.24) is 10.3 Å². The molecule has 0 saturated heterocycles. The van der Waals surface area contributed by atoms with E-state index in [1.54, 1.807) is 0 Å². The minimum Gasteiger partial charge on any atom is -0.459 e. The van der Waals surface area contributed by atoms with Crippen molar-refractivity contribution in [3.63, 3.8) is 0 Å². The van der Waals surface area contributed by atoms with Crippen molar-refractivity contribution in [3.05, 3.63) is 64.6 Å².